The Labute approximate surface area is 134 Å². The molecule has 0 unspecified atom stereocenters. The Morgan fingerprint density at radius 2 is 1.96 bits per heavy atom. The standard InChI is InChI=1S/C16H13F3N2O3/c17-16(18,19)13-6-5-10(15(23)21-13)14(22)20-11-7-8-24-12-4-2-1-3-9(11)12/h1-6,11H,7-8H2,(H,20,22)(H,21,23)/t11-/m0/s1. The second-order valence-electron chi connectivity index (χ2n) is 5.31. The number of halogens is 3. The Morgan fingerprint density at radius 3 is 2.67 bits per heavy atom. The van der Waals surface area contributed by atoms with Crippen molar-refractivity contribution in [3.8, 4) is 5.75 Å². The highest BCUT2D eigenvalue weighted by molar-refractivity contribution is 5.94. The van der Waals surface area contributed by atoms with E-state index in [-0.39, 0.29) is 11.6 Å². The van der Waals surface area contributed by atoms with Crippen molar-refractivity contribution in [2.45, 2.75) is 18.6 Å². The van der Waals surface area contributed by atoms with E-state index in [1.807, 2.05) is 0 Å². The van der Waals surface area contributed by atoms with Crippen LogP contribution in [0.5, 0.6) is 5.75 Å². The Morgan fingerprint density at radius 1 is 1.21 bits per heavy atom. The largest absolute Gasteiger partial charge is 0.493 e. The maximum absolute atomic E-state index is 12.6. The van der Waals surface area contributed by atoms with E-state index in [0.29, 0.717) is 24.8 Å². The number of aromatic amines is 1. The lowest BCUT2D eigenvalue weighted by atomic mass is 10.0. The minimum Gasteiger partial charge on any atom is -0.493 e. The van der Waals surface area contributed by atoms with Crippen molar-refractivity contribution >= 4 is 5.91 Å². The van der Waals surface area contributed by atoms with Crippen molar-refractivity contribution in [1.82, 2.24) is 10.3 Å². The van der Waals surface area contributed by atoms with Crippen LogP contribution in [0.1, 0.15) is 34.1 Å². The van der Waals surface area contributed by atoms with Crippen molar-refractivity contribution in [3.63, 3.8) is 0 Å². The average Bonchev–Trinajstić information content (AvgIpc) is 2.54. The van der Waals surface area contributed by atoms with Gasteiger partial charge in [-0.25, -0.2) is 0 Å². The molecule has 24 heavy (non-hydrogen) atoms. The molecule has 0 spiro atoms. The molecule has 0 bridgehead atoms. The van der Waals surface area contributed by atoms with Crippen LogP contribution in [0.15, 0.2) is 41.2 Å². The number of amides is 1. The Balaban J connectivity index is 1.83. The highest BCUT2D eigenvalue weighted by Gasteiger charge is 2.32. The molecule has 1 aliphatic rings. The fourth-order valence-electron chi connectivity index (χ4n) is 2.55. The van der Waals surface area contributed by atoms with Crippen molar-refractivity contribution < 1.29 is 22.7 Å². The summed E-state index contributed by atoms with van der Waals surface area (Å²) in [4.78, 5) is 25.7. The molecule has 1 aromatic heterocycles. The van der Waals surface area contributed by atoms with Gasteiger partial charge in [0.05, 0.1) is 12.6 Å². The highest BCUT2D eigenvalue weighted by atomic mass is 19.4. The van der Waals surface area contributed by atoms with Crippen LogP contribution in [0.25, 0.3) is 0 Å². The molecular formula is C16H13F3N2O3. The highest BCUT2D eigenvalue weighted by Crippen LogP contribution is 2.31. The van der Waals surface area contributed by atoms with E-state index in [9.17, 15) is 22.8 Å². The summed E-state index contributed by atoms with van der Waals surface area (Å²) in [6, 6.07) is 8.32. The van der Waals surface area contributed by atoms with Crippen LogP contribution >= 0.6 is 0 Å². The van der Waals surface area contributed by atoms with Gasteiger partial charge < -0.3 is 15.0 Å². The van der Waals surface area contributed by atoms with Crippen LogP contribution in [0.3, 0.4) is 0 Å². The lowest BCUT2D eigenvalue weighted by Gasteiger charge is -2.26. The minimum atomic E-state index is -4.67. The first kappa shape index (κ1) is 16.1. The molecule has 0 radical (unpaired) electrons. The molecular weight excluding hydrogens is 325 g/mol. The quantitative estimate of drug-likeness (QED) is 0.884. The van der Waals surface area contributed by atoms with E-state index in [2.05, 4.69) is 5.32 Å². The third-order valence-corrected chi connectivity index (χ3v) is 3.72. The molecule has 2 N–H and O–H groups in total. The summed E-state index contributed by atoms with van der Waals surface area (Å²) in [5, 5.41) is 2.67. The second kappa shape index (κ2) is 6.03. The molecule has 3 rings (SSSR count). The van der Waals surface area contributed by atoms with Crippen molar-refractivity contribution in [1.29, 1.82) is 0 Å². The predicted octanol–water partition coefficient (Wildman–Crippen LogP) is 2.65. The lowest BCUT2D eigenvalue weighted by Crippen LogP contribution is -2.35. The Kier molecular flexibility index (Phi) is 4.04. The number of para-hydroxylation sites is 1. The van der Waals surface area contributed by atoms with Crippen molar-refractivity contribution in [3.05, 3.63) is 63.6 Å². The number of carbonyl (C=O) groups excluding carboxylic acids is 1. The second-order valence-corrected chi connectivity index (χ2v) is 5.31. The molecule has 0 saturated heterocycles. The van der Waals surface area contributed by atoms with Gasteiger partial charge in [-0.2, -0.15) is 13.2 Å². The first-order valence-electron chi connectivity index (χ1n) is 7.19. The maximum Gasteiger partial charge on any atom is 0.431 e. The normalized spacial score (nSPS) is 16.9. The number of alkyl halides is 3. The Hall–Kier alpha value is -2.77. The van der Waals surface area contributed by atoms with Crippen LogP contribution in [-0.2, 0) is 6.18 Å². The number of hydrogen-bond donors (Lipinski definition) is 2. The molecule has 0 fully saturated rings. The summed E-state index contributed by atoms with van der Waals surface area (Å²) < 4.78 is 43.1. The molecule has 2 heterocycles. The average molecular weight is 338 g/mol. The minimum absolute atomic E-state index is 0.369. The van der Waals surface area contributed by atoms with Crippen molar-refractivity contribution in [2.75, 3.05) is 6.61 Å². The molecule has 0 aliphatic carbocycles. The van der Waals surface area contributed by atoms with E-state index < -0.39 is 23.3 Å². The van der Waals surface area contributed by atoms with Gasteiger partial charge in [-0.15, -0.1) is 0 Å². The molecule has 2 aromatic rings. The number of pyridine rings is 1. The smallest absolute Gasteiger partial charge is 0.431 e. The number of benzene rings is 1. The molecule has 1 aromatic carbocycles. The number of ether oxygens (including phenoxy) is 1. The van der Waals surface area contributed by atoms with Gasteiger partial charge in [0, 0.05) is 12.0 Å². The number of rotatable bonds is 2. The SMILES string of the molecule is O=C(N[C@H]1CCOc2ccccc21)c1ccc(C(F)(F)F)[nH]c1=O. The van der Waals surface area contributed by atoms with Gasteiger partial charge in [0.2, 0.25) is 0 Å². The number of H-pyrrole nitrogens is 1. The number of aromatic nitrogens is 1. The predicted molar refractivity (Wildman–Crippen MR) is 78.8 cm³/mol. The van der Waals surface area contributed by atoms with Gasteiger partial charge in [-0.1, -0.05) is 18.2 Å². The molecule has 8 heteroatoms. The molecule has 126 valence electrons. The molecule has 1 aliphatic heterocycles. The van der Waals surface area contributed by atoms with Gasteiger partial charge >= 0.3 is 6.18 Å². The third kappa shape index (κ3) is 3.12. The van der Waals surface area contributed by atoms with Crippen LogP contribution in [0.4, 0.5) is 13.2 Å². The van der Waals surface area contributed by atoms with Crippen LogP contribution in [-0.4, -0.2) is 17.5 Å². The summed E-state index contributed by atoms with van der Waals surface area (Å²) in [6.45, 7) is 0.394. The summed E-state index contributed by atoms with van der Waals surface area (Å²) in [5.74, 6) is -0.0953. The number of fused-ring (bicyclic) bond motifs is 1. The van der Waals surface area contributed by atoms with Crippen molar-refractivity contribution in [2.24, 2.45) is 0 Å². The third-order valence-electron chi connectivity index (χ3n) is 3.72. The number of nitrogens with one attached hydrogen (secondary N) is 2. The first-order chi connectivity index (χ1) is 11.4. The van der Waals surface area contributed by atoms with Crippen LogP contribution < -0.4 is 15.6 Å². The first-order valence-corrected chi connectivity index (χ1v) is 7.19. The molecule has 1 atom stereocenters. The Bertz CT molecular complexity index is 830. The molecule has 1 amide bonds. The monoisotopic (exact) mass is 338 g/mol. The van der Waals surface area contributed by atoms with Gasteiger partial charge in [0.15, 0.2) is 0 Å². The summed E-state index contributed by atoms with van der Waals surface area (Å²) in [5.41, 5.74) is -1.88. The van der Waals surface area contributed by atoms with Crippen LogP contribution in [0.2, 0.25) is 0 Å². The van der Waals surface area contributed by atoms with Gasteiger partial charge in [0.1, 0.15) is 17.0 Å². The topological polar surface area (TPSA) is 71.2 Å². The van der Waals surface area contributed by atoms with Gasteiger partial charge in [0.25, 0.3) is 11.5 Å². The zero-order chi connectivity index (χ0) is 17.3. The summed E-state index contributed by atoms with van der Waals surface area (Å²) in [6.07, 6.45) is -4.17. The number of carbonyl (C=O) groups is 1. The fourth-order valence-corrected chi connectivity index (χ4v) is 2.55. The summed E-state index contributed by atoms with van der Waals surface area (Å²) in [7, 11) is 0. The molecule has 5 nitrogen and oxygen atoms in total. The maximum atomic E-state index is 12.6. The van der Waals surface area contributed by atoms with Gasteiger partial charge in [-0.3, -0.25) is 9.59 Å². The van der Waals surface area contributed by atoms with E-state index >= 15 is 0 Å². The van der Waals surface area contributed by atoms with E-state index in [1.54, 1.807) is 29.2 Å². The van der Waals surface area contributed by atoms with Gasteiger partial charge in [-0.05, 0) is 18.2 Å². The molecule has 0 saturated carbocycles. The van der Waals surface area contributed by atoms with E-state index in [1.165, 1.54) is 0 Å². The summed E-state index contributed by atoms with van der Waals surface area (Å²) >= 11 is 0. The fraction of sp³-hybridized carbons (Fsp3) is 0.250. The number of hydrogen-bond acceptors (Lipinski definition) is 3. The van der Waals surface area contributed by atoms with E-state index in [4.69, 9.17) is 4.74 Å². The van der Waals surface area contributed by atoms with Crippen LogP contribution in [0, 0.1) is 0 Å². The zero-order valence-corrected chi connectivity index (χ0v) is 12.3. The zero-order valence-electron chi connectivity index (χ0n) is 12.3. The lowest BCUT2D eigenvalue weighted by molar-refractivity contribution is -0.141. The van der Waals surface area contributed by atoms with E-state index in [0.717, 1.165) is 11.6 Å².